The zero-order chi connectivity index (χ0) is 20.9. The van der Waals surface area contributed by atoms with Gasteiger partial charge in [-0.05, 0) is 42.5 Å². The monoisotopic (exact) mass is 415 g/mol. The van der Waals surface area contributed by atoms with E-state index < -0.39 is 10.0 Å². The molecule has 0 saturated carbocycles. The molecule has 0 atom stereocenters. The number of nitrogens with one attached hydrogen (secondary N) is 1. The minimum Gasteiger partial charge on any atom is -0.334 e. The van der Waals surface area contributed by atoms with Gasteiger partial charge >= 0.3 is 6.03 Å². The Morgan fingerprint density at radius 1 is 1.00 bits per heavy atom. The summed E-state index contributed by atoms with van der Waals surface area (Å²) < 4.78 is 27.7. The second-order valence-electron chi connectivity index (χ2n) is 7.51. The van der Waals surface area contributed by atoms with Crippen LogP contribution in [0.1, 0.15) is 36.0 Å². The van der Waals surface area contributed by atoms with Gasteiger partial charge in [-0.2, -0.15) is 4.31 Å². The minimum absolute atomic E-state index is 0.167. The molecule has 3 rings (SSSR count). The van der Waals surface area contributed by atoms with Crippen LogP contribution in [0.5, 0.6) is 0 Å². The standard InChI is InChI=1S/C22H29N3O3S/c1-18-10-4-5-12-20(18)17-24(2)22(26)23-16-19-11-6-7-13-21(19)29(27,28)25-14-8-3-9-15-25/h4-7,10-13H,3,8-9,14-17H2,1-2H3,(H,23,26). The van der Waals surface area contributed by atoms with Crippen molar-refractivity contribution < 1.29 is 13.2 Å². The smallest absolute Gasteiger partial charge is 0.317 e. The fourth-order valence-corrected chi connectivity index (χ4v) is 5.31. The fraction of sp³-hybridized carbons (Fsp3) is 0.409. The molecule has 2 amide bonds. The summed E-state index contributed by atoms with van der Waals surface area (Å²) >= 11 is 0. The molecule has 1 heterocycles. The first-order chi connectivity index (χ1) is 13.9. The maximum absolute atomic E-state index is 13.1. The Kier molecular flexibility index (Phi) is 6.92. The number of rotatable bonds is 6. The molecule has 0 aliphatic carbocycles. The second-order valence-corrected chi connectivity index (χ2v) is 9.42. The zero-order valence-electron chi connectivity index (χ0n) is 17.1. The third kappa shape index (κ3) is 5.16. The number of hydrogen-bond acceptors (Lipinski definition) is 3. The molecular weight excluding hydrogens is 386 g/mol. The van der Waals surface area contributed by atoms with Gasteiger partial charge in [0, 0.05) is 33.2 Å². The summed E-state index contributed by atoms with van der Waals surface area (Å²) in [5.41, 5.74) is 2.82. The summed E-state index contributed by atoms with van der Waals surface area (Å²) in [6.45, 7) is 3.79. The number of aryl methyl sites for hydroxylation is 1. The number of carbonyl (C=O) groups is 1. The van der Waals surface area contributed by atoms with Gasteiger partial charge in [0.05, 0.1) is 4.90 Å². The van der Waals surface area contributed by atoms with Crippen LogP contribution >= 0.6 is 0 Å². The largest absolute Gasteiger partial charge is 0.334 e. The molecule has 1 aliphatic heterocycles. The summed E-state index contributed by atoms with van der Waals surface area (Å²) in [5, 5.41) is 2.86. The number of hydrogen-bond donors (Lipinski definition) is 1. The quantitative estimate of drug-likeness (QED) is 0.785. The first-order valence-corrected chi connectivity index (χ1v) is 11.4. The van der Waals surface area contributed by atoms with Crippen molar-refractivity contribution in [1.82, 2.24) is 14.5 Å². The van der Waals surface area contributed by atoms with Crippen molar-refractivity contribution >= 4 is 16.1 Å². The van der Waals surface area contributed by atoms with E-state index in [-0.39, 0.29) is 17.5 Å². The molecule has 156 valence electrons. The maximum atomic E-state index is 13.1. The third-order valence-electron chi connectivity index (χ3n) is 5.35. The third-order valence-corrected chi connectivity index (χ3v) is 7.35. The number of benzene rings is 2. The van der Waals surface area contributed by atoms with E-state index in [0.29, 0.717) is 25.2 Å². The van der Waals surface area contributed by atoms with Gasteiger partial charge in [0.2, 0.25) is 10.0 Å². The van der Waals surface area contributed by atoms with Crippen molar-refractivity contribution in [2.45, 2.75) is 44.2 Å². The molecule has 7 heteroatoms. The molecule has 0 bridgehead atoms. The molecule has 1 aliphatic rings. The van der Waals surface area contributed by atoms with Gasteiger partial charge in [0.1, 0.15) is 0 Å². The highest BCUT2D eigenvalue weighted by Gasteiger charge is 2.28. The van der Waals surface area contributed by atoms with Crippen molar-refractivity contribution in [3.8, 4) is 0 Å². The molecule has 2 aromatic carbocycles. The first-order valence-electron chi connectivity index (χ1n) is 10.0. The van der Waals surface area contributed by atoms with E-state index in [1.54, 1.807) is 40.5 Å². The van der Waals surface area contributed by atoms with Crippen LogP contribution in [-0.4, -0.2) is 43.8 Å². The highest BCUT2D eigenvalue weighted by Crippen LogP contribution is 2.23. The number of carbonyl (C=O) groups excluding carboxylic acids is 1. The number of amides is 2. The topological polar surface area (TPSA) is 69.7 Å². The Morgan fingerprint density at radius 3 is 2.31 bits per heavy atom. The van der Waals surface area contributed by atoms with E-state index in [9.17, 15) is 13.2 Å². The average molecular weight is 416 g/mol. The average Bonchev–Trinajstić information content (AvgIpc) is 2.74. The van der Waals surface area contributed by atoms with Crippen LogP contribution in [0.4, 0.5) is 4.79 Å². The molecule has 1 fully saturated rings. The fourth-order valence-electron chi connectivity index (χ4n) is 3.57. The van der Waals surface area contributed by atoms with E-state index in [1.165, 1.54) is 0 Å². The number of sulfonamides is 1. The maximum Gasteiger partial charge on any atom is 0.317 e. The van der Waals surface area contributed by atoms with E-state index in [2.05, 4.69) is 5.32 Å². The summed E-state index contributed by atoms with van der Waals surface area (Å²) in [7, 11) is -1.81. The minimum atomic E-state index is -3.55. The SMILES string of the molecule is Cc1ccccc1CN(C)C(=O)NCc1ccccc1S(=O)(=O)N1CCCCC1. The summed E-state index contributed by atoms with van der Waals surface area (Å²) in [6, 6.07) is 14.6. The van der Waals surface area contributed by atoms with Gasteiger partial charge < -0.3 is 10.2 Å². The van der Waals surface area contributed by atoms with E-state index >= 15 is 0 Å². The lowest BCUT2D eigenvalue weighted by atomic mass is 10.1. The van der Waals surface area contributed by atoms with Crippen molar-refractivity contribution in [2.24, 2.45) is 0 Å². The zero-order valence-corrected chi connectivity index (χ0v) is 17.9. The van der Waals surface area contributed by atoms with Crippen LogP contribution in [0.2, 0.25) is 0 Å². The van der Waals surface area contributed by atoms with Crippen molar-refractivity contribution in [3.05, 3.63) is 65.2 Å². The predicted octanol–water partition coefficient (Wildman–Crippen LogP) is 3.51. The lowest BCUT2D eigenvalue weighted by molar-refractivity contribution is 0.206. The van der Waals surface area contributed by atoms with Crippen molar-refractivity contribution in [1.29, 1.82) is 0 Å². The van der Waals surface area contributed by atoms with Crippen molar-refractivity contribution in [2.75, 3.05) is 20.1 Å². The Balaban J connectivity index is 1.68. The number of nitrogens with zero attached hydrogens (tertiary/aromatic N) is 2. The van der Waals surface area contributed by atoms with E-state index in [1.807, 2.05) is 31.2 Å². The molecule has 29 heavy (non-hydrogen) atoms. The molecule has 0 radical (unpaired) electrons. The molecule has 1 saturated heterocycles. The van der Waals surface area contributed by atoms with Gasteiger partial charge in [-0.15, -0.1) is 0 Å². The lowest BCUT2D eigenvalue weighted by Gasteiger charge is -2.27. The Hall–Kier alpha value is -2.38. The van der Waals surface area contributed by atoms with Gasteiger partial charge in [0.25, 0.3) is 0 Å². The van der Waals surface area contributed by atoms with Gasteiger partial charge in [0.15, 0.2) is 0 Å². The predicted molar refractivity (Wildman–Crippen MR) is 114 cm³/mol. The molecular formula is C22H29N3O3S. The Morgan fingerprint density at radius 2 is 1.62 bits per heavy atom. The summed E-state index contributed by atoms with van der Waals surface area (Å²) in [6.07, 6.45) is 2.85. The second kappa shape index (κ2) is 9.41. The lowest BCUT2D eigenvalue weighted by Crippen LogP contribution is -2.38. The molecule has 6 nitrogen and oxygen atoms in total. The highest BCUT2D eigenvalue weighted by atomic mass is 32.2. The van der Waals surface area contributed by atoms with Gasteiger partial charge in [-0.25, -0.2) is 13.2 Å². The normalized spacial score (nSPS) is 15.1. The van der Waals surface area contributed by atoms with Crippen molar-refractivity contribution in [3.63, 3.8) is 0 Å². The molecule has 0 unspecified atom stereocenters. The van der Waals surface area contributed by atoms with Gasteiger partial charge in [-0.1, -0.05) is 48.9 Å². The van der Waals surface area contributed by atoms with Crippen LogP contribution in [0, 0.1) is 6.92 Å². The number of urea groups is 1. The summed E-state index contributed by atoms with van der Waals surface area (Å²) in [4.78, 5) is 14.4. The highest BCUT2D eigenvalue weighted by molar-refractivity contribution is 7.89. The summed E-state index contributed by atoms with van der Waals surface area (Å²) in [5.74, 6) is 0. The molecule has 1 N–H and O–H groups in total. The van der Waals surface area contributed by atoms with Gasteiger partial charge in [-0.3, -0.25) is 0 Å². The van der Waals surface area contributed by atoms with E-state index in [0.717, 1.165) is 30.4 Å². The molecule has 0 aromatic heterocycles. The molecule has 2 aromatic rings. The first kappa shape index (κ1) is 21.3. The van der Waals surface area contributed by atoms with Crippen LogP contribution in [0.15, 0.2) is 53.4 Å². The van der Waals surface area contributed by atoms with Crippen LogP contribution in [-0.2, 0) is 23.1 Å². The Bertz CT molecular complexity index is 953. The van der Waals surface area contributed by atoms with Crippen LogP contribution in [0.25, 0.3) is 0 Å². The van der Waals surface area contributed by atoms with Crippen LogP contribution < -0.4 is 5.32 Å². The molecule has 0 spiro atoms. The Labute approximate surface area is 173 Å². The van der Waals surface area contributed by atoms with E-state index in [4.69, 9.17) is 0 Å². The van der Waals surface area contributed by atoms with Crippen LogP contribution in [0.3, 0.4) is 0 Å². The number of piperidine rings is 1.